The number of imide groups is 1. The Bertz CT molecular complexity index is 315. The van der Waals surface area contributed by atoms with Gasteiger partial charge in [0.05, 0.1) is 12.2 Å². The zero-order valence-corrected chi connectivity index (χ0v) is 10.5. The van der Waals surface area contributed by atoms with Crippen LogP contribution < -0.4 is 5.32 Å². The van der Waals surface area contributed by atoms with Gasteiger partial charge in [-0.1, -0.05) is 12.8 Å². The zero-order chi connectivity index (χ0) is 13.1. The third kappa shape index (κ3) is 3.29. The van der Waals surface area contributed by atoms with E-state index in [4.69, 9.17) is 0 Å². The fourth-order valence-corrected chi connectivity index (χ4v) is 3.13. The molecule has 1 aliphatic heterocycles. The van der Waals surface area contributed by atoms with Crippen LogP contribution in [0.4, 0.5) is 0 Å². The second-order valence-electron chi connectivity index (χ2n) is 5.56. The summed E-state index contributed by atoms with van der Waals surface area (Å²) in [6.45, 7) is 0. The molecule has 1 unspecified atom stereocenters. The summed E-state index contributed by atoms with van der Waals surface area (Å²) in [5, 5.41) is 22.3. The molecule has 1 heterocycles. The number of hydrogen-bond donors (Lipinski definition) is 3. The van der Waals surface area contributed by atoms with Crippen molar-refractivity contribution in [2.75, 3.05) is 0 Å². The lowest BCUT2D eigenvalue weighted by atomic mass is 9.78. The third-order valence-electron chi connectivity index (χ3n) is 4.08. The van der Waals surface area contributed by atoms with E-state index in [2.05, 4.69) is 5.32 Å². The standard InChI is InChI=1S/C13H21NO4/c15-10-4-2-1-3-9(10)11(16)5-8-6-12(17)14-13(18)7-8/h8-11,15-16H,1-7H2,(H,14,17,18)/t9?,10-,11+/m0/s1. The molecule has 2 aliphatic rings. The van der Waals surface area contributed by atoms with Crippen LogP contribution in [0.3, 0.4) is 0 Å². The Kier molecular flexibility index (Phi) is 4.35. The first-order valence-corrected chi connectivity index (χ1v) is 6.75. The number of amides is 2. The predicted molar refractivity (Wildman–Crippen MR) is 64.5 cm³/mol. The van der Waals surface area contributed by atoms with Crippen molar-refractivity contribution in [2.24, 2.45) is 11.8 Å². The minimum atomic E-state index is -0.607. The van der Waals surface area contributed by atoms with Crippen LogP contribution in [-0.2, 0) is 9.59 Å². The first kappa shape index (κ1) is 13.5. The molecule has 3 N–H and O–H groups in total. The minimum Gasteiger partial charge on any atom is -0.393 e. The van der Waals surface area contributed by atoms with Gasteiger partial charge in [-0.2, -0.15) is 0 Å². The molecule has 1 saturated heterocycles. The molecule has 2 fully saturated rings. The van der Waals surface area contributed by atoms with E-state index >= 15 is 0 Å². The summed E-state index contributed by atoms with van der Waals surface area (Å²) >= 11 is 0. The van der Waals surface area contributed by atoms with Crippen LogP contribution in [0.15, 0.2) is 0 Å². The highest BCUT2D eigenvalue weighted by molar-refractivity contribution is 5.97. The average molecular weight is 255 g/mol. The number of rotatable bonds is 3. The largest absolute Gasteiger partial charge is 0.393 e. The molecule has 0 radical (unpaired) electrons. The predicted octanol–water partition coefficient (Wildman–Crippen LogP) is 0.341. The van der Waals surface area contributed by atoms with Crippen LogP contribution in [0.1, 0.15) is 44.9 Å². The number of hydrogen-bond acceptors (Lipinski definition) is 4. The first-order valence-electron chi connectivity index (χ1n) is 6.75. The number of carbonyl (C=O) groups excluding carboxylic acids is 2. The molecule has 0 aromatic rings. The zero-order valence-electron chi connectivity index (χ0n) is 10.5. The van der Waals surface area contributed by atoms with Crippen molar-refractivity contribution < 1.29 is 19.8 Å². The van der Waals surface area contributed by atoms with Crippen LogP contribution in [0, 0.1) is 11.8 Å². The molecule has 1 aliphatic carbocycles. The molecule has 0 bridgehead atoms. The lowest BCUT2D eigenvalue weighted by Gasteiger charge is -2.33. The van der Waals surface area contributed by atoms with Gasteiger partial charge in [-0.25, -0.2) is 0 Å². The summed E-state index contributed by atoms with van der Waals surface area (Å²) in [5.74, 6) is -0.700. The molecule has 0 aromatic carbocycles. The van der Waals surface area contributed by atoms with Crippen LogP contribution in [0.2, 0.25) is 0 Å². The Hall–Kier alpha value is -0.940. The van der Waals surface area contributed by atoms with Crippen molar-refractivity contribution >= 4 is 11.8 Å². The van der Waals surface area contributed by atoms with Crippen LogP contribution in [0.5, 0.6) is 0 Å². The van der Waals surface area contributed by atoms with Gasteiger partial charge in [0.25, 0.3) is 0 Å². The topological polar surface area (TPSA) is 86.6 Å². The average Bonchev–Trinajstić information content (AvgIpc) is 2.27. The van der Waals surface area contributed by atoms with E-state index in [1.807, 2.05) is 0 Å². The summed E-state index contributed by atoms with van der Waals surface area (Å²) in [6.07, 6.45) is 3.59. The van der Waals surface area contributed by atoms with Crippen molar-refractivity contribution in [1.29, 1.82) is 0 Å². The fraction of sp³-hybridized carbons (Fsp3) is 0.846. The first-order chi connectivity index (χ1) is 8.56. The lowest BCUT2D eigenvalue weighted by molar-refractivity contribution is -0.135. The molecule has 5 nitrogen and oxygen atoms in total. The molecule has 5 heteroatoms. The fourth-order valence-electron chi connectivity index (χ4n) is 3.13. The number of aliphatic hydroxyl groups is 2. The van der Waals surface area contributed by atoms with Gasteiger partial charge in [0.1, 0.15) is 0 Å². The van der Waals surface area contributed by atoms with Crippen molar-refractivity contribution in [3.05, 3.63) is 0 Å². The molecule has 2 amide bonds. The molecule has 0 spiro atoms. The molecule has 1 saturated carbocycles. The van der Waals surface area contributed by atoms with Crippen molar-refractivity contribution in [1.82, 2.24) is 5.32 Å². The monoisotopic (exact) mass is 255 g/mol. The van der Waals surface area contributed by atoms with Gasteiger partial charge in [-0.05, 0) is 25.2 Å². The van der Waals surface area contributed by atoms with E-state index in [9.17, 15) is 19.8 Å². The van der Waals surface area contributed by atoms with Gasteiger partial charge in [-0.3, -0.25) is 14.9 Å². The number of piperidine rings is 1. The van der Waals surface area contributed by atoms with E-state index in [1.54, 1.807) is 0 Å². The van der Waals surface area contributed by atoms with E-state index in [0.717, 1.165) is 25.7 Å². The number of carbonyl (C=O) groups is 2. The van der Waals surface area contributed by atoms with E-state index in [0.29, 0.717) is 19.3 Å². The molecule has 2 rings (SSSR count). The Morgan fingerprint density at radius 2 is 1.78 bits per heavy atom. The molecule has 3 atom stereocenters. The Morgan fingerprint density at radius 3 is 2.39 bits per heavy atom. The maximum absolute atomic E-state index is 11.2. The highest BCUT2D eigenvalue weighted by Gasteiger charge is 2.33. The molecule has 18 heavy (non-hydrogen) atoms. The molecule has 0 aromatic heterocycles. The molecular weight excluding hydrogens is 234 g/mol. The Balaban J connectivity index is 1.87. The Labute approximate surface area is 107 Å². The van der Waals surface area contributed by atoms with Crippen LogP contribution in [0.25, 0.3) is 0 Å². The van der Waals surface area contributed by atoms with Gasteiger partial charge in [-0.15, -0.1) is 0 Å². The lowest BCUT2D eigenvalue weighted by Crippen LogP contribution is -2.41. The second kappa shape index (κ2) is 5.80. The number of aliphatic hydroxyl groups excluding tert-OH is 2. The third-order valence-corrected chi connectivity index (χ3v) is 4.08. The Morgan fingerprint density at radius 1 is 1.17 bits per heavy atom. The second-order valence-corrected chi connectivity index (χ2v) is 5.56. The van der Waals surface area contributed by atoms with Gasteiger partial charge >= 0.3 is 0 Å². The summed E-state index contributed by atoms with van der Waals surface area (Å²) in [7, 11) is 0. The van der Waals surface area contributed by atoms with Crippen molar-refractivity contribution in [3.8, 4) is 0 Å². The van der Waals surface area contributed by atoms with Crippen LogP contribution in [-0.4, -0.2) is 34.2 Å². The SMILES string of the molecule is O=C1CC(C[C@@H](O)C2CCCC[C@@H]2O)CC(=O)N1. The van der Waals surface area contributed by atoms with Crippen molar-refractivity contribution in [3.63, 3.8) is 0 Å². The van der Waals surface area contributed by atoms with Crippen molar-refractivity contribution in [2.45, 2.75) is 57.2 Å². The minimum absolute atomic E-state index is 0.0876. The van der Waals surface area contributed by atoms with Gasteiger partial charge in [0.15, 0.2) is 0 Å². The van der Waals surface area contributed by atoms with Crippen LogP contribution >= 0.6 is 0 Å². The summed E-state index contributed by atoms with van der Waals surface area (Å²) in [6, 6.07) is 0. The summed E-state index contributed by atoms with van der Waals surface area (Å²) < 4.78 is 0. The molecular formula is C13H21NO4. The quantitative estimate of drug-likeness (QED) is 0.635. The van der Waals surface area contributed by atoms with E-state index in [1.165, 1.54) is 0 Å². The highest BCUT2D eigenvalue weighted by atomic mass is 16.3. The summed E-state index contributed by atoms with van der Waals surface area (Å²) in [5.41, 5.74) is 0. The summed E-state index contributed by atoms with van der Waals surface area (Å²) in [4.78, 5) is 22.5. The van der Waals surface area contributed by atoms with E-state index < -0.39 is 12.2 Å². The smallest absolute Gasteiger partial charge is 0.226 e. The van der Waals surface area contributed by atoms with E-state index in [-0.39, 0.29) is 23.7 Å². The number of nitrogens with one attached hydrogen (secondary N) is 1. The normalized spacial score (nSPS) is 32.1. The van der Waals surface area contributed by atoms with Gasteiger partial charge < -0.3 is 10.2 Å². The highest BCUT2D eigenvalue weighted by Crippen LogP contribution is 2.31. The van der Waals surface area contributed by atoms with Gasteiger partial charge in [0, 0.05) is 18.8 Å². The maximum Gasteiger partial charge on any atom is 0.226 e. The van der Waals surface area contributed by atoms with Gasteiger partial charge in [0.2, 0.25) is 11.8 Å². The molecule has 102 valence electrons. The maximum atomic E-state index is 11.2.